The van der Waals surface area contributed by atoms with Crippen LogP contribution in [0.25, 0.3) is 16.8 Å². The topological polar surface area (TPSA) is 6.25 Å². The molecule has 2 aliphatic rings. The predicted molar refractivity (Wildman–Crippen MR) is 179 cm³/mol. The third-order valence-electron chi connectivity index (χ3n) is 9.62. The lowest BCUT2D eigenvalue weighted by molar-refractivity contribution is -0.439. The summed E-state index contributed by atoms with van der Waals surface area (Å²) in [6, 6.07) is 27.5. The lowest BCUT2D eigenvalue weighted by Gasteiger charge is -2.23. The summed E-state index contributed by atoms with van der Waals surface area (Å²) >= 11 is 1.95. The minimum absolute atomic E-state index is 0.110. The first-order valence-electron chi connectivity index (χ1n) is 15.8. The summed E-state index contributed by atoms with van der Waals surface area (Å²) in [4.78, 5) is 5.27. The van der Waals surface area contributed by atoms with Crippen molar-refractivity contribution < 1.29 is 4.58 Å². The maximum absolute atomic E-state index is 2.70. The molecule has 3 aromatic carbocycles. The number of hydrogen-bond donors (Lipinski definition) is 0. The standard InChI is InChI=1S/C38H45N2S/c1-5-39(6-2)32-20-16-30(17-21-32)18-24-36-38(4,27-33-22-15-28(3)41-33)37-34-14-10-9-13-31(34)19-23-35(37)40(36)26-25-29-11-7-8-12-29/h9-10,13-24,29H,5-8,11-12,25-27H2,1-4H3/q+1. The molecule has 0 N–H and O–H groups in total. The highest BCUT2D eigenvalue weighted by molar-refractivity contribution is 7.11. The van der Waals surface area contributed by atoms with Crippen LogP contribution in [0.4, 0.5) is 11.4 Å². The van der Waals surface area contributed by atoms with Crippen molar-refractivity contribution in [3.63, 3.8) is 0 Å². The highest BCUT2D eigenvalue weighted by Crippen LogP contribution is 2.47. The zero-order valence-electron chi connectivity index (χ0n) is 25.3. The molecule has 0 radical (unpaired) electrons. The number of thiophene rings is 1. The van der Waals surface area contributed by atoms with E-state index in [1.165, 1.54) is 80.8 Å². The lowest BCUT2D eigenvalue weighted by atomic mass is 9.74. The number of benzene rings is 3. The minimum atomic E-state index is -0.110. The quantitative estimate of drug-likeness (QED) is 0.175. The van der Waals surface area contributed by atoms with Gasteiger partial charge >= 0.3 is 0 Å². The smallest absolute Gasteiger partial charge is 0.210 e. The largest absolute Gasteiger partial charge is 0.372 e. The Hall–Kier alpha value is -3.17. The van der Waals surface area contributed by atoms with E-state index in [1.54, 1.807) is 0 Å². The summed E-state index contributed by atoms with van der Waals surface area (Å²) in [5.41, 5.74) is 6.81. The van der Waals surface area contributed by atoms with Crippen molar-refractivity contribution >= 4 is 45.3 Å². The molecule has 2 nitrogen and oxygen atoms in total. The van der Waals surface area contributed by atoms with E-state index in [9.17, 15) is 0 Å². The number of hydrogen-bond acceptors (Lipinski definition) is 2. The maximum atomic E-state index is 2.70. The number of rotatable bonds is 10. The SMILES string of the molecule is CCN(CC)c1ccc(C=CC2=[N+](CCC3CCCC3)c3ccc4ccccc4c3C2(C)Cc2ccc(C)s2)cc1. The number of fused-ring (bicyclic) bond motifs is 3. The molecular weight excluding hydrogens is 516 g/mol. The van der Waals surface area contributed by atoms with Gasteiger partial charge in [0.15, 0.2) is 5.71 Å². The molecule has 0 amide bonds. The fraction of sp³-hybridized carbons (Fsp3) is 0.395. The molecule has 2 heterocycles. The molecule has 0 saturated heterocycles. The fourth-order valence-electron chi connectivity index (χ4n) is 7.41. The van der Waals surface area contributed by atoms with E-state index >= 15 is 0 Å². The van der Waals surface area contributed by atoms with Gasteiger partial charge in [-0.05, 0) is 86.4 Å². The zero-order chi connectivity index (χ0) is 28.4. The first-order chi connectivity index (χ1) is 20.0. The normalized spacial score (nSPS) is 19.1. The Balaban J connectivity index is 1.46. The van der Waals surface area contributed by atoms with Crippen LogP contribution in [0, 0.1) is 12.8 Å². The highest BCUT2D eigenvalue weighted by Gasteiger charge is 2.49. The summed E-state index contributed by atoms with van der Waals surface area (Å²) in [5, 5.41) is 2.74. The van der Waals surface area contributed by atoms with Gasteiger partial charge in [-0.1, -0.05) is 62.1 Å². The fourth-order valence-corrected chi connectivity index (χ4v) is 8.46. The Labute approximate surface area is 251 Å². The van der Waals surface area contributed by atoms with Gasteiger partial charge in [-0.3, -0.25) is 0 Å². The van der Waals surface area contributed by atoms with E-state index in [0.717, 1.165) is 32.0 Å². The molecule has 6 rings (SSSR count). The minimum Gasteiger partial charge on any atom is -0.372 e. The second kappa shape index (κ2) is 12.0. The molecule has 1 aliphatic carbocycles. The van der Waals surface area contributed by atoms with Gasteiger partial charge in [-0.15, -0.1) is 11.3 Å². The van der Waals surface area contributed by atoms with Crippen molar-refractivity contribution in [1.29, 1.82) is 0 Å². The van der Waals surface area contributed by atoms with Gasteiger partial charge in [-0.2, -0.15) is 4.58 Å². The Bertz CT molecular complexity index is 1560. The maximum Gasteiger partial charge on any atom is 0.210 e. The van der Waals surface area contributed by atoms with Crippen molar-refractivity contribution in [1.82, 2.24) is 0 Å². The number of anilines is 1. The molecule has 1 unspecified atom stereocenters. The molecule has 1 fully saturated rings. The van der Waals surface area contributed by atoms with Gasteiger partial charge in [-0.25, -0.2) is 0 Å². The Morgan fingerprint density at radius 3 is 2.37 bits per heavy atom. The van der Waals surface area contributed by atoms with Crippen LogP contribution in [-0.4, -0.2) is 29.9 Å². The Morgan fingerprint density at radius 1 is 0.902 bits per heavy atom. The van der Waals surface area contributed by atoms with Crippen LogP contribution in [0.5, 0.6) is 0 Å². The zero-order valence-corrected chi connectivity index (χ0v) is 26.1. The molecule has 0 bridgehead atoms. The van der Waals surface area contributed by atoms with Crippen LogP contribution < -0.4 is 4.90 Å². The van der Waals surface area contributed by atoms with Crippen molar-refractivity contribution in [2.75, 3.05) is 24.5 Å². The summed E-state index contributed by atoms with van der Waals surface area (Å²) < 4.78 is 2.70. The molecule has 1 saturated carbocycles. The number of aryl methyl sites for hydroxylation is 1. The van der Waals surface area contributed by atoms with Crippen molar-refractivity contribution in [3.05, 3.63) is 99.8 Å². The Kier molecular flexibility index (Phi) is 8.17. The first kappa shape index (κ1) is 28.0. The number of allylic oxidation sites excluding steroid dienone is 1. The summed E-state index contributed by atoms with van der Waals surface area (Å²) in [6.07, 6.45) is 12.7. The van der Waals surface area contributed by atoms with Crippen molar-refractivity contribution in [2.45, 2.75) is 71.6 Å². The van der Waals surface area contributed by atoms with Crippen molar-refractivity contribution in [2.24, 2.45) is 5.92 Å². The number of nitrogens with zero attached hydrogens (tertiary/aromatic N) is 2. The van der Waals surface area contributed by atoms with E-state index in [4.69, 9.17) is 0 Å². The van der Waals surface area contributed by atoms with E-state index in [2.05, 4.69) is 122 Å². The molecule has 41 heavy (non-hydrogen) atoms. The van der Waals surface area contributed by atoms with Crippen LogP contribution >= 0.6 is 11.3 Å². The second-order valence-electron chi connectivity index (χ2n) is 12.3. The van der Waals surface area contributed by atoms with Gasteiger partial charge in [0.2, 0.25) is 5.69 Å². The average Bonchev–Trinajstić information content (AvgIpc) is 3.71. The van der Waals surface area contributed by atoms with E-state index < -0.39 is 0 Å². The summed E-state index contributed by atoms with van der Waals surface area (Å²) in [5.74, 6) is 0.864. The van der Waals surface area contributed by atoms with Gasteiger partial charge in [0.05, 0.1) is 5.41 Å². The van der Waals surface area contributed by atoms with Crippen LogP contribution in [0.2, 0.25) is 0 Å². The monoisotopic (exact) mass is 561 g/mol. The predicted octanol–water partition coefficient (Wildman–Crippen LogP) is 9.95. The van der Waals surface area contributed by atoms with E-state index in [-0.39, 0.29) is 5.41 Å². The molecule has 4 aromatic rings. The first-order valence-corrected chi connectivity index (χ1v) is 16.6. The van der Waals surface area contributed by atoms with Gasteiger partial charge < -0.3 is 4.90 Å². The van der Waals surface area contributed by atoms with E-state index in [0.29, 0.717) is 0 Å². The molecule has 1 atom stereocenters. The highest BCUT2D eigenvalue weighted by atomic mass is 32.1. The van der Waals surface area contributed by atoms with E-state index in [1.807, 2.05) is 11.3 Å². The molecule has 212 valence electrons. The Morgan fingerprint density at radius 2 is 1.66 bits per heavy atom. The molecule has 1 aromatic heterocycles. The van der Waals surface area contributed by atoms with Crippen molar-refractivity contribution in [3.8, 4) is 0 Å². The second-order valence-corrected chi connectivity index (χ2v) is 13.6. The van der Waals surface area contributed by atoms with Crippen LogP contribution in [0.1, 0.15) is 73.8 Å². The van der Waals surface area contributed by atoms with Gasteiger partial charge in [0, 0.05) is 59.1 Å². The third-order valence-corrected chi connectivity index (χ3v) is 10.6. The molecule has 3 heteroatoms. The molecular formula is C38H45N2S+. The van der Waals surface area contributed by atoms with Gasteiger partial charge in [0.1, 0.15) is 6.54 Å². The van der Waals surface area contributed by atoms with Crippen LogP contribution in [0.3, 0.4) is 0 Å². The summed E-state index contributed by atoms with van der Waals surface area (Å²) in [6.45, 7) is 12.4. The van der Waals surface area contributed by atoms with Gasteiger partial charge in [0.25, 0.3) is 0 Å². The molecule has 1 aliphatic heterocycles. The lowest BCUT2D eigenvalue weighted by Crippen LogP contribution is -2.34. The van der Waals surface area contributed by atoms with Crippen LogP contribution in [0.15, 0.2) is 78.9 Å². The van der Waals surface area contributed by atoms with Crippen LogP contribution in [-0.2, 0) is 11.8 Å². The average molecular weight is 562 g/mol. The third kappa shape index (κ3) is 5.54. The summed E-state index contributed by atoms with van der Waals surface area (Å²) in [7, 11) is 0. The molecule has 0 spiro atoms.